The number of nitrogens with zero attached hydrogens (tertiary/aromatic N) is 1. The van der Waals surface area contributed by atoms with Gasteiger partial charge in [0, 0.05) is 6.04 Å². The molecule has 2 nitrogen and oxygen atoms in total. The van der Waals surface area contributed by atoms with E-state index in [0.29, 0.717) is 10.3 Å². The second kappa shape index (κ2) is 5.59. The van der Waals surface area contributed by atoms with E-state index in [-0.39, 0.29) is 6.04 Å². The number of aryl methyl sites for hydroxylation is 1. The summed E-state index contributed by atoms with van der Waals surface area (Å²) in [6.07, 6.45) is 0. The van der Waals surface area contributed by atoms with Crippen molar-refractivity contribution < 1.29 is 0 Å². The monoisotopic (exact) mass is 280 g/mol. The van der Waals surface area contributed by atoms with E-state index in [0.717, 1.165) is 11.3 Å². The average molecular weight is 281 g/mol. The van der Waals surface area contributed by atoms with Gasteiger partial charge >= 0.3 is 0 Å². The zero-order chi connectivity index (χ0) is 13.1. The molecule has 94 valence electrons. The highest BCUT2D eigenvalue weighted by atomic mass is 35.5. The fourth-order valence-electron chi connectivity index (χ4n) is 1.81. The maximum atomic E-state index is 6.11. The second-order valence-electron chi connectivity index (χ2n) is 4.20. The largest absolute Gasteiger partial charge is 0.376 e. The Morgan fingerprint density at radius 1 is 1.17 bits per heavy atom. The third-order valence-corrected chi connectivity index (χ3v) is 3.27. The molecule has 2 rings (SSSR count). The zero-order valence-electron chi connectivity index (χ0n) is 10.2. The first kappa shape index (κ1) is 13.2. The van der Waals surface area contributed by atoms with Gasteiger partial charge in [-0.1, -0.05) is 53.5 Å². The van der Waals surface area contributed by atoms with Crippen molar-refractivity contribution in [1.29, 1.82) is 0 Å². The number of anilines is 1. The third-order valence-electron chi connectivity index (χ3n) is 2.80. The highest BCUT2D eigenvalue weighted by Gasteiger charge is 2.11. The average Bonchev–Trinajstić information content (AvgIpc) is 2.34. The minimum absolute atomic E-state index is 0.158. The number of hydrogen-bond acceptors (Lipinski definition) is 2. The Balaban J connectivity index is 2.25. The molecular formula is C14H14Cl2N2. The molecule has 1 aromatic heterocycles. The number of benzene rings is 1. The molecule has 0 saturated carbocycles. The molecule has 0 aliphatic heterocycles. The summed E-state index contributed by atoms with van der Waals surface area (Å²) in [6.45, 7) is 4.04. The van der Waals surface area contributed by atoms with Crippen molar-refractivity contribution in [3.05, 3.63) is 57.8 Å². The molecular weight excluding hydrogens is 267 g/mol. The fraction of sp³-hybridized carbons (Fsp3) is 0.214. The van der Waals surface area contributed by atoms with Gasteiger partial charge in [0.15, 0.2) is 5.15 Å². The minimum atomic E-state index is 0.158. The van der Waals surface area contributed by atoms with E-state index in [1.54, 1.807) is 6.07 Å². The predicted octanol–water partition coefficient (Wildman–Crippen LogP) is 4.87. The van der Waals surface area contributed by atoms with Crippen molar-refractivity contribution >= 4 is 28.9 Å². The molecule has 0 bridgehead atoms. The highest BCUT2D eigenvalue weighted by Crippen LogP contribution is 2.29. The molecule has 1 N–H and O–H groups in total. The van der Waals surface area contributed by atoms with Crippen molar-refractivity contribution in [2.75, 3.05) is 5.32 Å². The van der Waals surface area contributed by atoms with Crippen LogP contribution in [0.2, 0.25) is 10.3 Å². The SMILES string of the molecule is Cc1cc(Cl)nc(Cl)c1NC(C)c1ccccc1. The van der Waals surface area contributed by atoms with E-state index < -0.39 is 0 Å². The summed E-state index contributed by atoms with van der Waals surface area (Å²) in [5.41, 5.74) is 3.02. The molecule has 18 heavy (non-hydrogen) atoms. The molecule has 1 aromatic carbocycles. The number of rotatable bonds is 3. The molecule has 2 aromatic rings. The maximum Gasteiger partial charge on any atom is 0.154 e. The molecule has 0 aliphatic carbocycles. The van der Waals surface area contributed by atoms with Gasteiger partial charge in [0.2, 0.25) is 0 Å². The first-order valence-electron chi connectivity index (χ1n) is 5.72. The fourth-order valence-corrected chi connectivity index (χ4v) is 2.40. The molecule has 0 radical (unpaired) electrons. The predicted molar refractivity (Wildman–Crippen MR) is 77.5 cm³/mol. The number of aromatic nitrogens is 1. The van der Waals surface area contributed by atoms with Crippen molar-refractivity contribution in [2.24, 2.45) is 0 Å². The van der Waals surface area contributed by atoms with Crippen LogP contribution in [0, 0.1) is 6.92 Å². The van der Waals surface area contributed by atoms with E-state index in [2.05, 4.69) is 29.4 Å². The van der Waals surface area contributed by atoms with Crippen molar-refractivity contribution in [3.63, 3.8) is 0 Å². The molecule has 0 aliphatic rings. The Morgan fingerprint density at radius 3 is 2.44 bits per heavy atom. The lowest BCUT2D eigenvalue weighted by Crippen LogP contribution is -2.08. The van der Waals surface area contributed by atoms with Crippen molar-refractivity contribution in [1.82, 2.24) is 4.98 Å². The summed E-state index contributed by atoms with van der Waals surface area (Å²) in [7, 11) is 0. The molecule has 1 atom stereocenters. The van der Waals surface area contributed by atoms with Gasteiger partial charge < -0.3 is 5.32 Å². The molecule has 1 heterocycles. The summed E-state index contributed by atoms with van der Waals surface area (Å²) < 4.78 is 0. The normalized spacial score (nSPS) is 12.2. The van der Waals surface area contributed by atoms with Gasteiger partial charge in [0.05, 0.1) is 5.69 Å². The van der Waals surface area contributed by atoms with Gasteiger partial charge in [-0.2, -0.15) is 0 Å². The summed E-state index contributed by atoms with van der Waals surface area (Å²) in [6, 6.07) is 12.1. The molecule has 0 amide bonds. The van der Waals surface area contributed by atoms with Crippen molar-refractivity contribution in [2.45, 2.75) is 19.9 Å². The topological polar surface area (TPSA) is 24.9 Å². The summed E-state index contributed by atoms with van der Waals surface area (Å²) >= 11 is 12.0. The van der Waals surface area contributed by atoms with Gasteiger partial charge in [-0.15, -0.1) is 0 Å². The van der Waals surface area contributed by atoms with Crippen LogP contribution in [0.15, 0.2) is 36.4 Å². The Kier molecular flexibility index (Phi) is 4.10. The minimum Gasteiger partial charge on any atom is -0.376 e. The first-order chi connectivity index (χ1) is 8.58. The zero-order valence-corrected chi connectivity index (χ0v) is 11.8. The summed E-state index contributed by atoms with van der Waals surface area (Å²) in [5.74, 6) is 0. The Bertz CT molecular complexity index is 518. The molecule has 0 spiro atoms. The van der Waals surface area contributed by atoms with E-state index in [4.69, 9.17) is 23.2 Å². The lowest BCUT2D eigenvalue weighted by molar-refractivity contribution is 0.880. The van der Waals surface area contributed by atoms with Gasteiger partial charge in [0.25, 0.3) is 0 Å². The van der Waals surface area contributed by atoms with Crippen LogP contribution in [0.3, 0.4) is 0 Å². The van der Waals surface area contributed by atoms with Gasteiger partial charge in [-0.05, 0) is 31.0 Å². The maximum absolute atomic E-state index is 6.11. The van der Waals surface area contributed by atoms with Gasteiger partial charge in [-0.25, -0.2) is 4.98 Å². The molecule has 0 fully saturated rings. The third kappa shape index (κ3) is 2.95. The van der Waals surface area contributed by atoms with Crippen molar-refractivity contribution in [3.8, 4) is 0 Å². The second-order valence-corrected chi connectivity index (χ2v) is 4.95. The lowest BCUT2D eigenvalue weighted by Gasteiger charge is -2.18. The Labute approximate surface area is 117 Å². The van der Waals surface area contributed by atoms with Crippen LogP contribution in [0.4, 0.5) is 5.69 Å². The van der Waals surface area contributed by atoms with E-state index in [1.165, 1.54) is 5.56 Å². The van der Waals surface area contributed by atoms with E-state index in [9.17, 15) is 0 Å². The first-order valence-corrected chi connectivity index (χ1v) is 6.47. The molecule has 4 heteroatoms. The van der Waals surface area contributed by atoms with Gasteiger partial charge in [-0.3, -0.25) is 0 Å². The quantitative estimate of drug-likeness (QED) is 0.812. The number of hydrogen-bond donors (Lipinski definition) is 1. The molecule has 0 saturated heterocycles. The Hall–Kier alpha value is -1.25. The van der Waals surface area contributed by atoms with Crippen LogP contribution in [-0.4, -0.2) is 4.98 Å². The van der Waals surface area contributed by atoms with Crippen LogP contribution in [0.5, 0.6) is 0 Å². The van der Waals surface area contributed by atoms with Crippen LogP contribution >= 0.6 is 23.2 Å². The molecule has 1 unspecified atom stereocenters. The lowest BCUT2D eigenvalue weighted by atomic mass is 10.1. The number of halogens is 2. The van der Waals surface area contributed by atoms with Crippen LogP contribution in [0.25, 0.3) is 0 Å². The van der Waals surface area contributed by atoms with Gasteiger partial charge in [0.1, 0.15) is 5.15 Å². The number of pyridine rings is 1. The smallest absolute Gasteiger partial charge is 0.154 e. The summed E-state index contributed by atoms with van der Waals surface area (Å²) in [4.78, 5) is 4.05. The number of nitrogens with one attached hydrogen (secondary N) is 1. The Morgan fingerprint density at radius 2 is 1.83 bits per heavy atom. The summed E-state index contributed by atoms with van der Waals surface area (Å²) in [5, 5.41) is 4.19. The standard InChI is InChI=1S/C14H14Cl2N2/c1-9-8-12(15)18-14(16)13(9)17-10(2)11-6-4-3-5-7-11/h3-8,10,17H,1-2H3. The van der Waals surface area contributed by atoms with Crippen LogP contribution in [-0.2, 0) is 0 Å². The highest BCUT2D eigenvalue weighted by molar-refractivity contribution is 6.34. The van der Waals surface area contributed by atoms with E-state index >= 15 is 0 Å². The van der Waals surface area contributed by atoms with Crippen LogP contribution in [0.1, 0.15) is 24.1 Å². The van der Waals surface area contributed by atoms with Crippen LogP contribution < -0.4 is 5.32 Å². The van der Waals surface area contributed by atoms with E-state index in [1.807, 2.05) is 25.1 Å².